The highest BCUT2D eigenvalue weighted by atomic mass is 32.2. The fourth-order valence-electron chi connectivity index (χ4n) is 3.09. The van der Waals surface area contributed by atoms with E-state index in [-0.39, 0.29) is 29.6 Å². The molecule has 2 aromatic carbocycles. The summed E-state index contributed by atoms with van der Waals surface area (Å²) in [5, 5.41) is 19.5. The van der Waals surface area contributed by atoms with Crippen LogP contribution in [0.2, 0.25) is 0 Å². The Kier molecular flexibility index (Phi) is 7.70. The van der Waals surface area contributed by atoms with E-state index in [9.17, 15) is 9.59 Å². The molecule has 1 aromatic heterocycles. The third kappa shape index (κ3) is 5.69. The van der Waals surface area contributed by atoms with Crippen molar-refractivity contribution < 1.29 is 14.3 Å². The van der Waals surface area contributed by atoms with E-state index in [1.54, 1.807) is 18.7 Å². The van der Waals surface area contributed by atoms with E-state index in [0.29, 0.717) is 11.0 Å². The fraction of sp³-hybridized carbons (Fsp3) is 0.227. The summed E-state index contributed by atoms with van der Waals surface area (Å²) >= 11 is 2.63. The van der Waals surface area contributed by atoms with Crippen LogP contribution in [-0.4, -0.2) is 57.0 Å². The monoisotopic (exact) mass is 497 g/mol. The fourth-order valence-corrected chi connectivity index (χ4v) is 4.73. The summed E-state index contributed by atoms with van der Waals surface area (Å²) in [4.78, 5) is 24.6. The molecule has 0 saturated heterocycles. The predicted molar refractivity (Wildman–Crippen MR) is 132 cm³/mol. The molecule has 176 valence electrons. The van der Waals surface area contributed by atoms with Gasteiger partial charge in [-0.05, 0) is 24.3 Å². The van der Waals surface area contributed by atoms with Crippen LogP contribution in [0.15, 0.2) is 64.9 Å². The van der Waals surface area contributed by atoms with Gasteiger partial charge in [-0.25, -0.2) is 0 Å². The van der Waals surface area contributed by atoms with Gasteiger partial charge in [0.2, 0.25) is 11.8 Å². The number of hydrogen-bond donors (Lipinski definition) is 3. The SMILES string of the molecule is CNC(=O)Cn1c(SCC(=O)NC2NN=C(c3ccc(OC)cc3)S2)nnc1-c1ccccc1. The van der Waals surface area contributed by atoms with Gasteiger partial charge >= 0.3 is 0 Å². The summed E-state index contributed by atoms with van der Waals surface area (Å²) in [5.41, 5.74) is 4.31. The molecule has 1 atom stereocenters. The van der Waals surface area contributed by atoms with E-state index in [0.717, 1.165) is 21.9 Å². The summed E-state index contributed by atoms with van der Waals surface area (Å²) in [5.74, 6) is 1.06. The molecule has 12 heteroatoms. The molecular formula is C22H23N7O3S2. The van der Waals surface area contributed by atoms with E-state index in [1.165, 1.54) is 23.5 Å². The van der Waals surface area contributed by atoms with Gasteiger partial charge in [0.15, 0.2) is 16.5 Å². The number of thioether (sulfide) groups is 2. The van der Waals surface area contributed by atoms with Gasteiger partial charge < -0.3 is 15.4 Å². The third-order valence-corrected chi connectivity index (χ3v) is 6.78. The number of benzene rings is 2. The summed E-state index contributed by atoms with van der Waals surface area (Å²) in [6.45, 7) is 0.0524. The zero-order valence-corrected chi connectivity index (χ0v) is 20.2. The maximum Gasteiger partial charge on any atom is 0.239 e. The minimum absolute atomic E-state index is 0.0524. The molecular weight excluding hydrogens is 474 g/mol. The molecule has 0 radical (unpaired) electrons. The Labute approximate surface area is 204 Å². The van der Waals surface area contributed by atoms with E-state index >= 15 is 0 Å². The van der Waals surface area contributed by atoms with Gasteiger partial charge in [-0.2, -0.15) is 5.10 Å². The molecule has 1 aliphatic rings. The number of hydrogen-bond acceptors (Lipinski definition) is 9. The molecule has 0 aliphatic carbocycles. The van der Waals surface area contributed by atoms with Crippen LogP contribution < -0.4 is 20.8 Å². The molecule has 0 bridgehead atoms. The van der Waals surface area contributed by atoms with Crippen LogP contribution in [-0.2, 0) is 16.1 Å². The number of aromatic nitrogens is 3. The average molecular weight is 498 g/mol. The normalized spacial score (nSPS) is 14.8. The summed E-state index contributed by atoms with van der Waals surface area (Å²) in [6, 6.07) is 17.0. The number of nitrogens with zero attached hydrogens (tertiary/aromatic N) is 4. The Morgan fingerprint density at radius 3 is 2.56 bits per heavy atom. The van der Waals surface area contributed by atoms with Crippen molar-refractivity contribution in [3.8, 4) is 17.1 Å². The van der Waals surface area contributed by atoms with Crippen molar-refractivity contribution in [2.45, 2.75) is 17.2 Å². The Hall–Kier alpha value is -3.51. The second-order valence-corrected chi connectivity index (χ2v) is 9.10. The quantitative estimate of drug-likeness (QED) is 0.383. The van der Waals surface area contributed by atoms with Crippen LogP contribution in [0.5, 0.6) is 5.75 Å². The minimum Gasteiger partial charge on any atom is -0.497 e. The van der Waals surface area contributed by atoms with Crippen molar-refractivity contribution in [2.75, 3.05) is 19.9 Å². The molecule has 0 saturated carbocycles. The largest absolute Gasteiger partial charge is 0.497 e. The van der Waals surface area contributed by atoms with Crippen molar-refractivity contribution in [3.05, 3.63) is 60.2 Å². The van der Waals surface area contributed by atoms with E-state index in [1.807, 2.05) is 54.6 Å². The van der Waals surface area contributed by atoms with Crippen molar-refractivity contribution in [1.29, 1.82) is 0 Å². The molecule has 2 heterocycles. The second kappa shape index (κ2) is 11.1. The molecule has 2 amide bonds. The summed E-state index contributed by atoms with van der Waals surface area (Å²) < 4.78 is 6.88. The number of likely N-dealkylation sites (N-methyl/N-ethyl adjacent to an activating group) is 1. The van der Waals surface area contributed by atoms with E-state index in [4.69, 9.17) is 4.74 Å². The third-order valence-electron chi connectivity index (χ3n) is 4.80. The van der Waals surface area contributed by atoms with Gasteiger partial charge in [0.25, 0.3) is 0 Å². The number of rotatable bonds is 9. The molecule has 1 unspecified atom stereocenters. The number of nitrogens with one attached hydrogen (secondary N) is 3. The van der Waals surface area contributed by atoms with Gasteiger partial charge in [-0.1, -0.05) is 53.9 Å². The molecule has 4 rings (SSSR count). The Balaban J connectivity index is 1.35. The first kappa shape index (κ1) is 23.6. The lowest BCUT2D eigenvalue weighted by Gasteiger charge is -2.12. The molecule has 3 aromatic rings. The van der Waals surface area contributed by atoms with Crippen LogP contribution in [0.4, 0.5) is 0 Å². The molecule has 10 nitrogen and oxygen atoms in total. The zero-order chi connectivity index (χ0) is 23.9. The van der Waals surface area contributed by atoms with Crippen molar-refractivity contribution in [2.24, 2.45) is 5.10 Å². The molecule has 0 spiro atoms. The van der Waals surface area contributed by atoms with Crippen LogP contribution in [0.3, 0.4) is 0 Å². The van der Waals surface area contributed by atoms with Crippen LogP contribution in [0.25, 0.3) is 11.4 Å². The summed E-state index contributed by atoms with van der Waals surface area (Å²) in [6.07, 6.45) is 0. The lowest BCUT2D eigenvalue weighted by Crippen LogP contribution is -2.39. The van der Waals surface area contributed by atoms with Gasteiger partial charge in [0, 0.05) is 18.2 Å². The highest BCUT2D eigenvalue weighted by molar-refractivity contribution is 8.15. The molecule has 0 fully saturated rings. The van der Waals surface area contributed by atoms with Gasteiger partial charge in [0.1, 0.15) is 17.3 Å². The number of ether oxygens (including phenoxy) is 1. The van der Waals surface area contributed by atoms with E-state index < -0.39 is 0 Å². The molecule has 34 heavy (non-hydrogen) atoms. The smallest absolute Gasteiger partial charge is 0.239 e. The first-order chi connectivity index (χ1) is 16.6. The van der Waals surface area contributed by atoms with Crippen molar-refractivity contribution >= 4 is 40.4 Å². The van der Waals surface area contributed by atoms with Crippen LogP contribution in [0.1, 0.15) is 5.56 Å². The number of hydrazone groups is 1. The maximum atomic E-state index is 12.6. The highest BCUT2D eigenvalue weighted by Gasteiger charge is 2.23. The first-order valence-corrected chi connectivity index (χ1v) is 12.2. The lowest BCUT2D eigenvalue weighted by atomic mass is 10.2. The Morgan fingerprint density at radius 1 is 1.09 bits per heavy atom. The number of carbonyl (C=O) groups is 2. The van der Waals surface area contributed by atoms with Gasteiger partial charge in [0.05, 0.1) is 12.9 Å². The zero-order valence-electron chi connectivity index (χ0n) is 18.5. The van der Waals surface area contributed by atoms with Crippen molar-refractivity contribution in [3.63, 3.8) is 0 Å². The number of carbonyl (C=O) groups excluding carboxylic acids is 2. The number of amides is 2. The Morgan fingerprint density at radius 2 is 1.85 bits per heavy atom. The standard InChI is InChI=1S/C22H23N7O3S2/c1-23-17(30)12-29-19(14-6-4-3-5-7-14)25-28-22(29)33-13-18(31)24-21-27-26-20(34-21)15-8-10-16(32-2)11-9-15/h3-11,21,27H,12-13H2,1-2H3,(H,23,30)(H,24,31). The molecule has 1 aliphatic heterocycles. The number of methoxy groups -OCH3 is 1. The summed E-state index contributed by atoms with van der Waals surface area (Å²) in [7, 11) is 3.19. The lowest BCUT2D eigenvalue weighted by molar-refractivity contribution is -0.121. The highest BCUT2D eigenvalue weighted by Crippen LogP contribution is 2.25. The van der Waals surface area contributed by atoms with Gasteiger partial charge in [-0.3, -0.25) is 19.6 Å². The first-order valence-electron chi connectivity index (χ1n) is 10.3. The average Bonchev–Trinajstić information content (AvgIpc) is 3.50. The predicted octanol–water partition coefficient (Wildman–Crippen LogP) is 1.89. The molecule has 3 N–H and O–H groups in total. The Bertz CT molecular complexity index is 1180. The minimum atomic E-state index is -0.381. The van der Waals surface area contributed by atoms with Crippen LogP contribution in [0, 0.1) is 0 Å². The topological polar surface area (TPSA) is 123 Å². The second-order valence-electron chi connectivity index (χ2n) is 7.06. The van der Waals surface area contributed by atoms with Crippen LogP contribution >= 0.6 is 23.5 Å². The van der Waals surface area contributed by atoms with E-state index in [2.05, 4.69) is 31.4 Å². The van der Waals surface area contributed by atoms with Gasteiger partial charge in [-0.15, -0.1) is 10.2 Å². The maximum absolute atomic E-state index is 12.6. The van der Waals surface area contributed by atoms with Crippen molar-refractivity contribution in [1.82, 2.24) is 30.8 Å².